The largest absolute Gasteiger partial charge is 0.495 e. The van der Waals surface area contributed by atoms with Crippen LogP contribution in [-0.2, 0) is 14.8 Å². The maximum atomic E-state index is 12.4. The normalized spacial score (nSPS) is 12.8. The van der Waals surface area contributed by atoms with E-state index in [2.05, 4.69) is 10.6 Å². The van der Waals surface area contributed by atoms with Crippen LogP contribution in [0.4, 0.5) is 10.5 Å². The molecule has 0 radical (unpaired) electrons. The van der Waals surface area contributed by atoms with Crippen molar-refractivity contribution in [1.29, 1.82) is 0 Å². The number of nitrogens with two attached hydrogens (primary N) is 1. The molecular formula is C15H24N4O5S. The Hall–Kier alpha value is -2.33. The van der Waals surface area contributed by atoms with Gasteiger partial charge in [0.1, 0.15) is 16.7 Å². The Morgan fingerprint density at radius 2 is 1.84 bits per heavy atom. The van der Waals surface area contributed by atoms with E-state index < -0.39 is 28.0 Å². The number of carbonyl (C=O) groups excluding carboxylic acids is 2. The number of urea groups is 1. The molecule has 25 heavy (non-hydrogen) atoms. The van der Waals surface area contributed by atoms with E-state index in [4.69, 9.17) is 10.5 Å². The summed E-state index contributed by atoms with van der Waals surface area (Å²) in [6.45, 7) is 3.49. The van der Waals surface area contributed by atoms with Crippen molar-refractivity contribution in [3.05, 3.63) is 18.2 Å². The molecule has 10 heteroatoms. The van der Waals surface area contributed by atoms with E-state index in [1.54, 1.807) is 13.8 Å². The predicted molar refractivity (Wildman–Crippen MR) is 93.8 cm³/mol. The number of nitrogens with zero attached hydrogens (tertiary/aromatic N) is 1. The smallest absolute Gasteiger partial charge is 0.312 e. The fourth-order valence-electron chi connectivity index (χ4n) is 2.06. The highest BCUT2D eigenvalue weighted by molar-refractivity contribution is 7.89. The molecule has 0 saturated carbocycles. The number of sulfonamides is 1. The van der Waals surface area contributed by atoms with Crippen LogP contribution in [0, 0.1) is 5.92 Å². The lowest BCUT2D eigenvalue weighted by Gasteiger charge is -2.21. The topological polar surface area (TPSA) is 131 Å². The van der Waals surface area contributed by atoms with Crippen molar-refractivity contribution in [2.75, 3.05) is 26.5 Å². The molecular weight excluding hydrogens is 348 g/mol. The second-order valence-corrected chi connectivity index (χ2v) is 7.99. The van der Waals surface area contributed by atoms with Crippen LogP contribution in [0.15, 0.2) is 23.1 Å². The van der Waals surface area contributed by atoms with Crippen molar-refractivity contribution in [2.45, 2.75) is 24.8 Å². The summed E-state index contributed by atoms with van der Waals surface area (Å²) >= 11 is 0. The first-order chi connectivity index (χ1) is 11.5. The number of methoxy groups -OCH3 is 1. The summed E-state index contributed by atoms with van der Waals surface area (Å²) in [5, 5.41) is 4.94. The molecule has 0 aliphatic heterocycles. The first kappa shape index (κ1) is 20.7. The number of primary amides is 1. The van der Waals surface area contributed by atoms with Crippen LogP contribution < -0.4 is 21.1 Å². The van der Waals surface area contributed by atoms with Crippen molar-refractivity contribution in [2.24, 2.45) is 11.7 Å². The summed E-state index contributed by atoms with van der Waals surface area (Å²) in [4.78, 5) is 23.3. The molecule has 0 heterocycles. The van der Waals surface area contributed by atoms with E-state index in [0.717, 1.165) is 4.31 Å². The van der Waals surface area contributed by atoms with Gasteiger partial charge in [0.25, 0.3) is 0 Å². The average molecular weight is 372 g/mol. The van der Waals surface area contributed by atoms with Gasteiger partial charge in [0.2, 0.25) is 15.9 Å². The first-order valence-corrected chi connectivity index (χ1v) is 8.92. The van der Waals surface area contributed by atoms with Crippen LogP contribution >= 0.6 is 0 Å². The zero-order valence-electron chi connectivity index (χ0n) is 14.9. The predicted octanol–water partition coefficient (Wildman–Crippen LogP) is 0.577. The van der Waals surface area contributed by atoms with Crippen LogP contribution in [0.5, 0.6) is 5.75 Å². The molecule has 0 aromatic heterocycles. The maximum Gasteiger partial charge on any atom is 0.312 e. The van der Waals surface area contributed by atoms with Gasteiger partial charge >= 0.3 is 6.03 Å². The number of nitrogens with one attached hydrogen (secondary N) is 2. The molecule has 1 atom stereocenters. The van der Waals surface area contributed by atoms with Gasteiger partial charge < -0.3 is 21.1 Å². The number of anilines is 1. The van der Waals surface area contributed by atoms with Crippen LogP contribution in [0.2, 0.25) is 0 Å². The summed E-state index contributed by atoms with van der Waals surface area (Å²) in [5.74, 6) is -0.565. The van der Waals surface area contributed by atoms with Gasteiger partial charge in [-0.3, -0.25) is 4.79 Å². The lowest BCUT2D eigenvalue weighted by atomic mass is 10.0. The van der Waals surface area contributed by atoms with Crippen molar-refractivity contribution in [3.63, 3.8) is 0 Å². The molecule has 140 valence electrons. The number of ether oxygens (including phenoxy) is 1. The number of benzene rings is 1. The number of amides is 3. The van der Waals surface area contributed by atoms with E-state index in [1.165, 1.54) is 39.4 Å². The van der Waals surface area contributed by atoms with E-state index in [0.29, 0.717) is 0 Å². The molecule has 1 rings (SSSR count). The second-order valence-electron chi connectivity index (χ2n) is 5.87. The third-order valence-corrected chi connectivity index (χ3v) is 5.27. The van der Waals surface area contributed by atoms with Gasteiger partial charge in [-0.2, -0.15) is 0 Å². The van der Waals surface area contributed by atoms with Gasteiger partial charge in [0, 0.05) is 19.8 Å². The molecule has 0 aliphatic carbocycles. The van der Waals surface area contributed by atoms with Crippen molar-refractivity contribution >= 4 is 27.6 Å². The molecule has 0 aliphatic rings. The van der Waals surface area contributed by atoms with E-state index in [1.807, 2.05) is 0 Å². The molecule has 9 nitrogen and oxygen atoms in total. The fraction of sp³-hybridized carbons (Fsp3) is 0.467. The van der Waals surface area contributed by atoms with Crippen LogP contribution in [0.3, 0.4) is 0 Å². The Labute approximate surface area is 147 Å². The standard InChI is InChI=1S/C15H24N4O5S/c1-9(2)13(18-15(16)21)14(20)17-10-6-7-11(24-5)12(8-10)25(22,23)19(3)4/h6-9,13H,1-5H3,(H,17,20)(H3,16,18,21)/t13-/m0/s1. The van der Waals surface area contributed by atoms with E-state index in [9.17, 15) is 18.0 Å². The summed E-state index contributed by atoms with van der Waals surface area (Å²) in [6, 6.07) is 2.58. The number of carbonyl (C=O) groups is 2. The van der Waals surface area contributed by atoms with Crippen LogP contribution in [-0.4, -0.2) is 51.9 Å². The van der Waals surface area contributed by atoms with E-state index >= 15 is 0 Å². The summed E-state index contributed by atoms with van der Waals surface area (Å²) in [7, 11) is 0.378. The zero-order valence-corrected chi connectivity index (χ0v) is 15.7. The molecule has 0 bridgehead atoms. The lowest BCUT2D eigenvalue weighted by Crippen LogP contribution is -2.49. The summed E-state index contributed by atoms with van der Waals surface area (Å²) < 4.78 is 30.9. The Morgan fingerprint density at radius 1 is 1.24 bits per heavy atom. The van der Waals surface area contributed by atoms with E-state index in [-0.39, 0.29) is 22.3 Å². The Morgan fingerprint density at radius 3 is 2.28 bits per heavy atom. The molecule has 4 N–H and O–H groups in total. The minimum Gasteiger partial charge on any atom is -0.495 e. The Balaban J connectivity index is 3.19. The highest BCUT2D eigenvalue weighted by Crippen LogP contribution is 2.29. The first-order valence-electron chi connectivity index (χ1n) is 7.48. The van der Waals surface area contributed by atoms with Gasteiger partial charge in [-0.25, -0.2) is 17.5 Å². The average Bonchev–Trinajstić information content (AvgIpc) is 2.51. The maximum absolute atomic E-state index is 12.4. The highest BCUT2D eigenvalue weighted by atomic mass is 32.2. The molecule has 0 spiro atoms. The Bertz CT molecular complexity index is 746. The molecule has 0 unspecified atom stereocenters. The monoisotopic (exact) mass is 372 g/mol. The summed E-state index contributed by atoms with van der Waals surface area (Å²) in [5.41, 5.74) is 5.34. The number of rotatable bonds is 7. The third kappa shape index (κ3) is 5.07. The minimum absolute atomic E-state index is 0.0817. The van der Waals surface area contributed by atoms with Gasteiger partial charge in [0.05, 0.1) is 7.11 Å². The van der Waals surface area contributed by atoms with Gasteiger partial charge in [-0.15, -0.1) is 0 Å². The lowest BCUT2D eigenvalue weighted by molar-refractivity contribution is -0.118. The molecule has 1 aromatic carbocycles. The Kier molecular flexibility index (Phi) is 6.77. The minimum atomic E-state index is -3.77. The third-order valence-electron chi connectivity index (χ3n) is 3.44. The van der Waals surface area contributed by atoms with Gasteiger partial charge in [-0.1, -0.05) is 13.8 Å². The van der Waals surface area contributed by atoms with Crippen molar-refractivity contribution < 1.29 is 22.7 Å². The van der Waals surface area contributed by atoms with Crippen LogP contribution in [0.25, 0.3) is 0 Å². The SMILES string of the molecule is COc1ccc(NC(=O)[C@@H](NC(N)=O)C(C)C)cc1S(=O)(=O)N(C)C. The highest BCUT2D eigenvalue weighted by Gasteiger charge is 2.26. The molecule has 0 saturated heterocycles. The quantitative estimate of drug-likeness (QED) is 0.644. The zero-order chi connectivity index (χ0) is 19.4. The number of hydrogen-bond donors (Lipinski definition) is 3. The molecule has 0 fully saturated rings. The fourth-order valence-corrected chi connectivity index (χ4v) is 3.14. The van der Waals surface area contributed by atoms with Crippen LogP contribution in [0.1, 0.15) is 13.8 Å². The second kappa shape index (κ2) is 8.17. The molecule has 3 amide bonds. The van der Waals surface area contributed by atoms with Gasteiger partial charge in [-0.05, 0) is 24.1 Å². The van der Waals surface area contributed by atoms with Crippen molar-refractivity contribution in [3.8, 4) is 5.75 Å². The molecule has 1 aromatic rings. The summed E-state index contributed by atoms with van der Waals surface area (Å²) in [6.07, 6.45) is 0. The van der Waals surface area contributed by atoms with Crippen molar-refractivity contribution in [1.82, 2.24) is 9.62 Å². The number of hydrogen-bond acceptors (Lipinski definition) is 5. The van der Waals surface area contributed by atoms with Gasteiger partial charge in [0.15, 0.2) is 0 Å².